The lowest BCUT2D eigenvalue weighted by Gasteiger charge is -2.12. The van der Waals surface area contributed by atoms with Gasteiger partial charge in [0.15, 0.2) is 10.8 Å². The van der Waals surface area contributed by atoms with Gasteiger partial charge in [-0.2, -0.15) is 19.7 Å². The van der Waals surface area contributed by atoms with Crippen LogP contribution in [-0.2, 0) is 6.54 Å². The maximum Gasteiger partial charge on any atom is 0.228 e. The van der Waals surface area contributed by atoms with Gasteiger partial charge in [0, 0.05) is 24.5 Å². The van der Waals surface area contributed by atoms with Crippen LogP contribution in [-0.4, -0.2) is 35.6 Å². The van der Waals surface area contributed by atoms with E-state index < -0.39 is 0 Å². The topological polar surface area (TPSA) is 72.9 Å². The molecule has 0 aliphatic carbocycles. The SMILES string of the molecule is CSc1nc(NCc2ccccc2-n2cccn2)n2ncc(C(C)C)c2n1. The van der Waals surface area contributed by atoms with Crippen LogP contribution in [0.2, 0.25) is 0 Å². The molecule has 0 saturated carbocycles. The van der Waals surface area contributed by atoms with Gasteiger partial charge in [0.05, 0.1) is 11.9 Å². The molecule has 0 saturated heterocycles. The van der Waals surface area contributed by atoms with Crippen molar-refractivity contribution < 1.29 is 0 Å². The van der Waals surface area contributed by atoms with Gasteiger partial charge in [0.1, 0.15) is 0 Å². The molecule has 0 amide bonds. The highest BCUT2D eigenvalue weighted by Crippen LogP contribution is 2.23. The molecule has 0 aliphatic heterocycles. The monoisotopic (exact) mass is 379 g/mol. The zero-order chi connectivity index (χ0) is 18.8. The van der Waals surface area contributed by atoms with Crippen molar-refractivity contribution in [3.63, 3.8) is 0 Å². The number of para-hydroxylation sites is 1. The van der Waals surface area contributed by atoms with E-state index in [9.17, 15) is 0 Å². The van der Waals surface area contributed by atoms with Gasteiger partial charge in [0.25, 0.3) is 0 Å². The van der Waals surface area contributed by atoms with Crippen molar-refractivity contribution in [2.24, 2.45) is 0 Å². The van der Waals surface area contributed by atoms with Gasteiger partial charge in [0.2, 0.25) is 5.95 Å². The van der Waals surface area contributed by atoms with Crippen LogP contribution in [0.3, 0.4) is 0 Å². The summed E-state index contributed by atoms with van der Waals surface area (Å²) in [5.74, 6) is 1.03. The molecule has 0 radical (unpaired) electrons. The number of hydrogen-bond donors (Lipinski definition) is 1. The first kappa shape index (κ1) is 17.5. The molecule has 0 aliphatic rings. The summed E-state index contributed by atoms with van der Waals surface area (Å²) < 4.78 is 3.65. The molecule has 3 aromatic heterocycles. The number of thioether (sulfide) groups is 1. The fourth-order valence-electron chi connectivity index (χ4n) is 2.96. The van der Waals surface area contributed by atoms with Crippen LogP contribution in [0, 0.1) is 0 Å². The largest absolute Gasteiger partial charge is 0.350 e. The van der Waals surface area contributed by atoms with Crippen LogP contribution in [0.25, 0.3) is 11.3 Å². The van der Waals surface area contributed by atoms with Crippen LogP contribution in [0.1, 0.15) is 30.9 Å². The van der Waals surface area contributed by atoms with Gasteiger partial charge in [-0.1, -0.05) is 43.8 Å². The fraction of sp³-hybridized carbons (Fsp3) is 0.263. The van der Waals surface area contributed by atoms with Crippen LogP contribution in [0.4, 0.5) is 5.95 Å². The zero-order valence-corrected chi connectivity index (χ0v) is 16.3. The second-order valence-electron chi connectivity index (χ2n) is 6.46. The molecule has 8 heteroatoms. The Morgan fingerprint density at radius 3 is 2.70 bits per heavy atom. The highest BCUT2D eigenvalue weighted by Gasteiger charge is 2.15. The molecule has 0 spiro atoms. The molecule has 3 heterocycles. The highest BCUT2D eigenvalue weighted by molar-refractivity contribution is 7.98. The van der Waals surface area contributed by atoms with Gasteiger partial charge in [-0.25, -0.2) is 9.67 Å². The van der Waals surface area contributed by atoms with Crippen molar-refractivity contribution in [2.75, 3.05) is 11.6 Å². The summed E-state index contributed by atoms with van der Waals surface area (Å²) in [4.78, 5) is 9.27. The van der Waals surface area contributed by atoms with Crippen molar-refractivity contribution in [3.05, 3.63) is 60.0 Å². The minimum absolute atomic E-state index is 0.348. The predicted molar refractivity (Wildman–Crippen MR) is 108 cm³/mol. The van der Waals surface area contributed by atoms with E-state index in [1.165, 1.54) is 11.8 Å². The van der Waals surface area contributed by atoms with Gasteiger partial charge < -0.3 is 5.32 Å². The number of hydrogen-bond acceptors (Lipinski definition) is 6. The third-order valence-corrected chi connectivity index (χ3v) is 4.91. The fourth-order valence-corrected chi connectivity index (χ4v) is 3.31. The number of benzene rings is 1. The second kappa shape index (κ2) is 7.40. The van der Waals surface area contributed by atoms with Gasteiger partial charge in [-0.15, -0.1) is 0 Å². The van der Waals surface area contributed by atoms with E-state index in [4.69, 9.17) is 0 Å². The summed E-state index contributed by atoms with van der Waals surface area (Å²) in [5.41, 5.74) is 4.13. The van der Waals surface area contributed by atoms with Crippen molar-refractivity contribution in [2.45, 2.75) is 31.5 Å². The molecule has 138 valence electrons. The number of fused-ring (bicyclic) bond motifs is 1. The van der Waals surface area contributed by atoms with Gasteiger partial charge in [-0.05, 0) is 29.9 Å². The number of aromatic nitrogens is 6. The molecule has 4 aromatic rings. The Bertz CT molecular complexity index is 1050. The van der Waals surface area contributed by atoms with Crippen LogP contribution < -0.4 is 5.32 Å². The minimum Gasteiger partial charge on any atom is -0.350 e. The molecule has 1 N–H and O–H groups in total. The average Bonchev–Trinajstić information content (AvgIpc) is 3.36. The first-order chi connectivity index (χ1) is 13.2. The quantitative estimate of drug-likeness (QED) is 0.514. The van der Waals surface area contributed by atoms with Gasteiger partial charge in [-0.3, -0.25) is 0 Å². The molecule has 4 rings (SSSR count). The molecule has 0 fully saturated rings. The minimum atomic E-state index is 0.348. The molecule has 0 bridgehead atoms. The van der Waals surface area contributed by atoms with E-state index in [0.717, 1.165) is 27.6 Å². The molecular weight excluding hydrogens is 358 g/mol. The van der Waals surface area contributed by atoms with Crippen LogP contribution >= 0.6 is 11.8 Å². The van der Waals surface area contributed by atoms with E-state index in [1.807, 2.05) is 41.5 Å². The van der Waals surface area contributed by atoms with E-state index in [-0.39, 0.29) is 0 Å². The Labute approximate surface area is 161 Å². The van der Waals surface area contributed by atoms with Crippen molar-refractivity contribution in [1.29, 1.82) is 0 Å². The number of nitrogens with zero attached hydrogens (tertiary/aromatic N) is 6. The third kappa shape index (κ3) is 3.40. The summed E-state index contributed by atoms with van der Waals surface area (Å²) in [7, 11) is 0. The summed E-state index contributed by atoms with van der Waals surface area (Å²) in [5, 5.41) is 13.0. The molecule has 1 aromatic carbocycles. The Balaban J connectivity index is 1.69. The van der Waals surface area contributed by atoms with Crippen molar-refractivity contribution in [1.82, 2.24) is 29.4 Å². The molecule has 0 atom stereocenters. The smallest absolute Gasteiger partial charge is 0.228 e. The number of nitrogens with one attached hydrogen (secondary N) is 1. The molecule has 7 nitrogen and oxygen atoms in total. The summed E-state index contributed by atoms with van der Waals surface area (Å²) >= 11 is 1.53. The Morgan fingerprint density at radius 1 is 1.11 bits per heavy atom. The van der Waals surface area contributed by atoms with E-state index in [2.05, 4.69) is 51.5 Å². The summed E-state index contributed by atoms with van der Waals surface area (Å²) in [6, 6.07) is 10.1. The Hall–Kier alpha value is -2.87. The lowest BCUT2D eigenvalue weighted by Crippen LogP contribution is -2.11. The number of anilines is 1. The van der Waals surface area contributed by atoms with Crippen LogP contribution in [0.15, 0.2) is 54.1 Å². The lowest BCUT2D eigenvalue weighted by molar-refractivity contribution is 0.818. The van der Waals surface area contributed by atoms with Gasteiger partial charge >= 0.3 is 0 Å². The lowest BCUT2D eigenvalue weighted by atomic mass is 10.1. The normalized spacial score (nSPS) is 11.4. The Kier molecular flexibility index (Phi) is 4.81. The maximum absolute atomic E-state index is 4.65. The number of rotatable bonds is 6. The standard InChI is InChI=1S/C19H21N7S/c1-13(2)15-12-22-26-17(15)23-19(27-3)24-18(26)20-11-14-7-4-5-8-16(14)25-10-6-9-21-25/h4-10,12-13H,11H2,1-3H3,(H,20,23,24). The summed E-state index contributed by atoms with van der Waals surface area (Å²) in [6.07, 6.45) is 7.58. The Morgan fingerprint density at radius 2 is 1.96 bits per heavy atom. The van der Waals surface area contributed by atoms with Crippen LogP contribution in [0.5, 0.6) is 0 Å². The van der Waals surface area contributed by atoms with Crippen molar-refractivity contribution in [3.8, 4) is 5.69 Å². The third-order valence-electron chi connectivity index (χ3n) is 4.36. The average molecular weight is 379 g/mol. The predicted octanol–water partition coefficient (Wildman–Crippen LogP) is 3.77. The van der Waals surface area contributed by atoms with Crippen molar-refractivity contribution >= 4 is 23.4 Å². The van der Waals surface area contributed by atoms with E-state index in [1.54, 1.807) is 10.7 Å². The second-order valence-corrected chi connectivity index (χ2v) is 7.23. The first-order valence-corrected chi connectivity index (χ1v) is 10.0. The molecule has 27 heavy (non-hydrogen) atoms. The molecular formula is C19H21N7S. The zero-order valence-electron chi connectivity index (χ0n) is 15.5. The summed E-state index contributed by atoms with van der Waals surface area (Å²) in [6.45, 7) is 4.89. The van der Waals surface area contributed by atoms with E-state index in [0.29, 0.717) is 18.4 Å². The highest BCUT2D eigenvalue weighted by atomic mass is 32.2. The molecule has 0 unspecified atom stereocenters. The van der Waals surface area contributed by atoms with E-state index >= 15 is 0 Å². The first-order valence-electron chi connectivity index (χ1n) is 8.79. The maximum atomic E-state index is 4.65.